The number of hydrogen-bond donors (Lipinski definition) is 3. The third-order valence-corrected chi connectivity index (χ3v) is 2.26. The summed E-state index contributed by atoms with van der Waals surface area (Å²) in [5.41, 5.74) is -0.824. The van der Waals surface area contributed by atoms with E-state index in [0.717, 1.165) is 10.6 Å². The van der Waals surface area contributed by atoms with Crippen molar-refractivity contribution in [2.45, 2.75) is 18.5 Å². The fourth-order valence-electron chi connectivity index (χ4n) is 1.13. The fraction of sp³-hybridized carbons (Fsp3) is 0.250. The number of aromatic hydroxyl groups is 1. The van der Waals surface area contributed by atoms with Crippen molar-refractivity contribution < 1.29 is 15.0 Å². The van der Waals surface area contributed by atoms with E-state index in [1.807, 2.05) is 0 Å². The molecule has 0 spiro atoms. The summed E-state index contributed by atoms with van der Waals surface area (Å²) in [5.74, 6) is -1.87. The van der Waals surface area contributed by atoms with Crippen molar-refractivity contribution in [1.29, 1.82) is 0 Å². The summed E-state index contributed by atoms with van der Waals surface area (Å²) in [6.07, 6.45) is 0. The van der Waals surface area contributed by atoms with Gasteiger partial charge in [-0.2, -0.15) is 0 Å². The van der Waals surface area contributed by atoms with Crippen LogP contribution in [0.3, 0.4) is 0 Å². The molecule has 0 unspecified atom stereocenters. The highest BCUT2D eigenvalue weighted by Gasteiger charge is 2.17. The van der Waals surface area contributed by atoms with Gasteiger partial charge in [-0.25, -0.2) is 4.79 Å². The molecule has 5 nitrogen and oxygen atoms in total. The number of carboxylic acids is 1. The Morgan fingerprint density at radius 3 is 2.64 bits per heavy atom. The molecule has 76 valence electrons. The second-order valence-corrected chi connectivity index (χ2v) is 3.04. The second-order valence-electron chi connectivity index (χ2n) is 2.62. The Balaban J connectivity index is 3.60. The Labute approximate surface area is 85.0 Å². The molecule has 0 saturated heterocycles. The minimum atomic E-state index is -1.31. The minimum absolute atomic E-state index is 0.0370. The summed E-state index contributed by atoms with van der Waals surface area (Å²) in [7, 11) is 0. The van der Waals surface area contributed by atoms with Crippen LogP contribution in [0.5, 0.6) is 5.75 Å². The fourth-order valence-corrected chi connectivity index (χ4v) is 1.58. The molecular weight excluding hydrogens is 206 g/mol. The summed E-state index contributed by atoms with van der Waals surface area (Å²) in [6.45, 7) is 1.99. The number of carbonyl (C=O) groups is 1. The van der Waals surface area contributed by atoms with Crippen LogP contribution >= 0.6 is 12.6 Å². The van der Waals surface area contributed by atoms with Crippen molar-refractivity contribution in [1.82, 2.24) is 4.57 Å². The number of hydrogen-bond acceptors (Lipinski definition) is 4. The average Bonchev–Trinajstić information content (AvgIpc) is 2.02. The lowest BCUT2D eigenvalue weighted by Gasteiger charge is -2.09. The molecule has 6 heteroatoms. The number of aromatic carboxylic acids is 1. The van der Waals surface area contributed by atoms with Crippen molar-refractivity contribution >= 4 is 18.6 Å². The third kappa shape index (κ3) is 1.60. The zero-order chi connectivity index (χ0) is 10.9. The summed E-state index contributed by atoms with van der Waals surface area (Å²) < 4.78 is 1.16. The topological polar surface area (TPSA) is 79.5 Å². The van der Waals surface area contributed by atoms with Crippen LogP contribution in [0.25, 0.3) is 0 Å². The Morgan fingerprint density at radius 2 is 2.21 bits per heavy atom. The number of carboxylic acid groups (broad SMARTS) is 1. The molecule has 0 aromatic carbocycles. The molecule has 1 heterocycles. The molecule has 0 aliphatic heterocycles. The Kier molecular flexibility index (Phi) is 2.85. The minimum Gasteiger partial charge on any atom is -0.507 e. The maximum Gasteiger partial charge on any atom is 0.342 e. The molecule has 0 saturated carbocycles. The number of aromatic nitrogens is 1. The number of rotatable bonds is 2. The lowest BCUT2D eigenvalue weighted by atomic mass is 10.2. The molecule has 14 heavy (non-hydrogen) atoms. The lowest BCUT2D eigenvalue weighted by Crippen LogP contribution is -2.21. The van der Waals surface area contributed by atoms with E-state index >= 15 is 0 Å². The lowest BCUT2D eigenvalue weighted by molar-refractivity contribution is 0.0687. The highest BCUT2D eigenvalue weighted by molar-refractivity contribution is 7.80. The van der Waals surface area contributed by atoms with Crippen molar-refractivity contribution in [3.8, 4) is 5.75 Å². The van der Waals surface area contributed by atoms with Crippen molar-refractivity contribution in [2.75, 3.05) is 0 Å². The molecule has 0 fully saturated rings. The van der Waals surface area contributed by atoms with E-state index in [1.54, 1.807) is 6.92 Å². The molecule has 1 rings (SSSR count). The van der Waals surface area contributed by atoms with Gasteiger partial charge in [0, 0.05) is 12.6 Å². The number of nitrogens with zero attached hydrogens (tertiary/aromatic N) is 1. The van der Waals surface area contributed by atoms with Gasteiger partial charge in [-0.3, -0.25) is 4.79 Å². The van der Waals surface area contributed by atoms with E-state index in [9.17, 15) is 14.7 Å². The van der Waals surface area contributed by atoms with Gasteiger partial charge in [0.25, 0.3) is 5.56 Å². The van der Waals surface area contributed by atoms with Gasteiger partial charge < -0.3 is 14.8 Å². The SMILES string of the molecule is CCn1c(S)c(C(=O)O)c(O)cc1=O. The van der Waals surface area contributed by atoms with E-state index in [1.165, 1.54) is 0 Å². The van der Waals surface area contributed by atoms with Gasteiger partial charge in [0.2, 0.25) is 0 Å². The first-order chi connectivity index (χ1) is 6.49. The first-order valence-electron chi connectivity index (χ1n) is 3.88. The third-order valence-electron chi connectivity index (χ3n) is 1.79. The molecule has 1 aromatic rings. The second kappa shape index (κ2) is 3.75. The Bertz CT molecular complexity index is 438. The highest BCUT2D eigenvalue weighted by Crippen LogP contribution is 2.21. The first kappa shape index (κ1) is 10.6. The molecule has 2 N–H and O–H groups in total. The zero-order valence-electron chi connectivity index (χ0n) is 7.39. The van der Waals surface area contributed by atoms with Gasteiger partial charge in [-0.15, -0.1) is 12.6 Å². The van der Waals surface area contributed by atoms with Gasteiger partial charge in [0.1, 0.15) is 11.3 Å². The Hall–Kier alpha value is -1.43. The molecule has 1 aromatic heterocycles. The number of pyridine rings is 1. The summed E-state index contributed by atoms with van der Waals surface area (Å²) in [5, 5.41) is 17.9. The van der Waals surface area contributed by atoms with E-state index in [2.05, 4.69) is 12.6 Å². The molecule has 0 radical (unpaired) electrons. The van der Waals surface area contributed by atoms with Gasteiger partial charge in [-0.1, -0.05) is 0 Å². The standard InChI is InChI=1S/C8H9NO4S/c1-2-9-5(11)3-4(10)6(7(9)14)8(12)13/h3,10,14H,2H2,1H3,(H,12,13). The molecule has 0 amide bonds. The van der Waals surface area contributed by atoms with Crippen LogP contribution in [-0.4, -0.2) is 20.7 Å². The van der Waals surface area contributed by atoms with Crippen LogP contribution in [0.15, 0.2) is 15.9 Å². The largest absolute Gasteiger partial charge is 0.507 e. The van der Waals surface area contributed by atoms with Crippen LogP contribution in [-0.2, 0) is 6.54 Å². The summed E-state index contributed by atoms with van der Waals surface area (Å²) in [6, 6.07) is 0.868. The smallest absolute Gasteiger partial charge is 0.342 e. The molecule has 0 aliphatic rings. The number of thiol groups is 1. The Morgan fingerprint density at radius 1 is 1.64 bits per heavy atom. The quantitative estimate of drug-likeness (QED) is 0.630. The summed E-state index contributed by atoms with van der Waals surface area (Å²) >= 11 is 3.89. The van der Waals surface area contributed by atoms with Gasteiger partial charge in [0.15, 0.2) is 0 Å². The van der Waals surface area contributed by atoms with E-state index in [0.29, 0.717) is 6.54 Å². The summed E-state index contributed by atoms with van der Waals surface area (Å²) in [4.78, 5) is 21.9. The van der Waals surface area contributed by atoms with Gasteiger partial charge in [0.05, 0.1) is 5.03 Å². The monoisotopic (exact) mass is 215 g/mol. The maximum atomic E-state index is 11.2. The van der Waals surface area contributed by atoms with Crippen molar-refractivity contribution in [2.24, 2.45) is 0 Å². The normalized spacial score (nSPS) is 10.1. The first-order valence-corrected chi connectivity index (χ1v) is 4.32. The predicted molar refractivity (Wildman–Crippen MR) is 52.3 cm³/mol. The van der Waals surface area contributed by atoms with Crippen LogP contribution in [0.2, 0.25) is 0 Å². The van der Waals surface area contributed by atoms with Crippen LogP contribution in [0, 0.1) is 0 Å². The van der Waals surface area contributed by atoms with Crippen LogP contribution in [0.1, 0.15) is 17.3 Å². The van der Waals surface area contributed by atoms with Gasteiger partial charge in [-0.05, 0) is 6.92 Å². The zero-order valence-corrected chi connectivity index (χ0v) is 8.28. The molecule has 0 bridgehead atoms. The average molecular weight is 215 g/mol. The molecular formula is C8H9NO4S. The van der Waals surface area contributed by atoms with E-state index < -0.39 is 17.3 Å². The maximum absolute atomic E-state index is 11.2. The van der Waals surface area contributed by atoms with E-state index in [-0.39, 0.29) is 10.6 Å². The van der Waals surface area contributed by atoms with Crippen molar-refractivity contribution in [3.05, 3.63) is 22.0 Å². The molecule has 0 atom stereocenters. The predicted octanol–water partition coefficient (Wildman–Crippen LogP) is 0.561. The molecule has 0 aliphatic carbocycles. The van der Waals surface area contributed by atoms with Crippen molar-refractivity contribution in [3.63, 3.8) is 0 Å². The van der Waals surface area contributed by atoms with E-state index in [4.69, 9.17) is 5.11 Å². The van der Waals surface area contributed by atoms with Crippen LogP contribution in [0.4, 0.5) is 0 Å². The highest BCUT2D eigenvalue weighted by atomic mass is 32.1. The van der Waals surface area contributed by atoms with Gasteiger partial charge >= 0.3 is 5.97 Å². The van der Waals surface area contributed by atoms with Crippen LogP contribution < -0.4 is 5.56 Å².